The molecule has 2 atom stereocenters. The number of methoxy groups -OCH3 is 2. The van der Waals surface area contributed by atoms with Crippen molar-refractivity contribution in [2.24, 2.45) is 11.8 Å². The molecular weight excluding hydrogens is 196 g/mol. The summed E-state index contributed by atoms with van der Waals surface area (Å²) in [6.07, 6.45) is 2.13. The molecule has 0 heterocycles. The molecular formula is C11H20O4. The summed E-state index contributed by atoms with van der Waals surface area (Å²) in [7, 11) is 2.72. The summed E-state index contributed by atoms with van der Waals surface area (Å²) in [5.74, 6) is -0.979. The number of hydrogen-bond donors (Lipinski definition) is 0. The van der Waals surface area contributed by atoms with Crippen molar-refractivity contribution in [2.75, 3.05) is 14.2 Å². The molecule has 0 aromatic rings. The number of carbonyl (C=O) groups is 2. The zero-order valence-electron chi connectivity index (χ0n) is 9.91. The quantitative estimate of drug-likeness (QED) is 0.635. The van der Waals surface area contributed by atoms with E-state index in [1.165, 1.54) is 14.2 Å². The van der Waals surface area contributed by atoms with E-state index in [0.717, 1.165) is 12.8 Å². The highest BCUT2D eigenvalue weighted by molar-refractivity contribution is 5.75. The molecule has 0 aliphatic heterocycles. The van der Waals surface area contributed by atoms with Crippen molar-refractivity contribution in [1.82, 2.24) is 0 Å². The second kappa shape index (κ2) is 7.26. The van der Waals surface area contributed by atoms with Gasteiger partial charge in [0.15, 0.2) is 0 Å². The molecule has 4 nitrogen and oxygen atoms in total. The van der Waals surface area contributed by atoms with Gasteiger partial charge in [0.1, 0.15) is 0 Å². The maximum absolute atomic E-state index is 11.4. The fourth-order valence-electron chi connectivity index (χ4n) is 1.57. The molecule has 0 bridgehead atoms. The molecule has 0 saturated carbocycles. The molecule has 0 aliphatic carbocycles. The third-order valence-corrected chi connectivity index (χ3v) is 2.41. The largest absolute Gasteiger partial charge is 0.469 e. The van der Waals surface area contributed by atoms with Gasteiger partial charge in [-0.1, -0.05) is 20.3 Å². The van der Waals surface area contributed by atoms with Crippen molar-refractivity contribution in [2.45, 2.75) is 33.1 Å². The lowest BCUT2D eigenvalue weighted by atomic mass is 9.92. The molecule has 0 unspecified atom stereocenters. The Morgan fingerprint density at radius 2 is 1.67 bits per heavy atom. The first-order valence-electron chi connectivity index (χ1n) is 5.22. The summed E-state index contributed by atoms with van der Waals surface area (Å²) >= 11 is 0. The average molecular weight is 216 g/mol. The predicted octanol–water partition coefficient (Wildman–Crippen LogP) is 1.77. The van der Waals surface area contributed by atoms with Crippen molar-refractivity contribution < 1.29 is 19.1 Å². The van der Waals surface area contributed by atoms with Gasteiger partial charge < -0.3 is 9.47 Å². The second-order valence-electron chi connectivity index (χ2n) is 3.67. The van der Waals surface area contributed by atoms with Gasteiger partial charge in [-0.3, -0.25) is 9.59 Å². The average Bonchev–Trinajstić information content (AvgIpc) is 2.26. The molecule has 4 heteroatoms. The lowest BCUT2D eigenvalue weighted by molar-refractivity contribution is -0.149. The maximum Gasteiger partial charge on any atom is 0.308 e. The first-order valence-corrected chi connectivity index (χ1v) is 5.22. The van der Waals surface area contributed by atoms with E-state index in [2.05, 4.69) is 9.47 Å². The molecule has 15 heavy (non-hydrogen) atoms. The normalized spacial score (nSPS) is 14.1. The topological polar surface area (TPSA) is 52.6 Å². The van der Waals surface area contributed by atoms with Crippen LogP contribution in [-0.2, 0) is 19.1 Å². The van der Waals surface area contributed by atoms with E-state index >= 15 is 0 Å². The number of carbonyl (C=O) groups excluding carboxylic acids is 2. The van der Waals surface area contributed by atoms with E-state index in [1.807, 2.05) is 6.92 Å². The van der Waals surface area contributed by atoms with E-state index in [0.29, 0.717) is 6.42 Å². The van der Waals surface area contributed by atoms with E-state index in [9.17, 15) is 9.59 Å². The molecule has 0 aromatic heterocycles. The highest BCUT2D eigenvalue weighted by atomic mass is 16.5. The van der Waals surface area contributed by atoms with E-state index in [4.69, 9.17) is 0 Å². The van der Waals surface area contributed by atoms with Crippen molar-refractivity contribution >= 4 is 11.9 Å². The van der Waals surface area contributed by atoms with Gasteiger partial charge in [-0.05, 0) is 12.8 Å². The Bertz CT molecular complexity index is 213. The maximum atomic E-state index is 11.4. The van der Waals surface area contributed by atoms with Gasteiger partial charge in [-0.15, -0.1) is 0 Å². The minimum Gasteiger partial charge on any atom is -0.469 e. The summed E-state index contributed by atoms with van der Waals surface area (Å²) in [6.45, 7) is 3.76. The number of rotatable bonds is 6. The lowest BCUT2D eigenvalue weighted by Crippen LogP contribution is -2.23. The van der Waals surface area contributed by atoms with Crippen LogP contribution in [0.4, 0.5) is 0 Å². The van der Waals surface area contributed by atoms with Crippen LogP contribution in [0.5, 0.6) is 0 Å². The van der Waals surface area contributed by atoms with E-state index in [-0.39, 0.29) is 23.8 Å². The van der Waals surface area contributed by atoms with Gasteiger partial charge in [0.05, 0.1) is 26.1 Å². The SMILES string of the molecule is CCC[C@H](C[C@@H](C)C(=O)OC)C(=O)OC. The van der Waals surface area contributed by atoms with Gasteiger partial charge in [0, 0.05) is 0 Å². The Kier molecular flexibility index (Phi) is 6.75. The van der Waals surface area contributed by atoms with Crippen molar-refractivity contribution in [1.29, 1.82) is 0 Å². The summed E-state index contributed by atoms with van der Waals surface area (Å²) in [4.78, 5) is 22.6. The molecule has 0 rings (SSSR count). The highest BCUT2D eigenvalue weighted by Gasteiger charge is 2.24. The van der Waals surface area contributed by atoms with Gasteiger partial charge >= 0.3 is 11.9 Å². The van der Waals surface area contributed by atoms with Crippen LogP contribution < -0.4 is 0 Å². The Labute approximate surface area is 90.9 Å². The number of esters is 2. The van der Waals surface area contributed by atoms with E-state index in [1.54, 1.807) is 6.92 Å². The molecule has 0 saturated heterocycles. The molecule has 0 amide bonds. The predicted molar refractivity (Wildman–Crippen MR) is 56.2 cm³/mol. The van der Waals surface area contributed by atoms with Crippen molar-refractivity contribution in [3.8, 4) is 0 Å². The zero-order chi connectivity index (χ0) is 11.8. The summed E-state index contributed by atoms with van der Waals surface area (Å²) < 4.78 is 9.30. The number of hydrogen-bond acceptors (Lipinski definition) is 4. The Morgan fingerprint density at radius 3 is 2.07 bits per heavy atom. The van der Waals surface area contributed by atoms with Crippen LogP contribution in [0, 0.1) is 11.8 Å². The monoisotopic (exact) mass is 216 g/mol. The van der Waals surface area contributed by atoms with E-state index < -0.39 is 0 Å². The van der Waals surface area contributed by atoms with Crippen LogP contribution in [0.1, 0.15) is 33.1 Å². The van der Waals surface area contributed by atoms with Crippen LogP contribution in [0.15, 0.2) is 0 Å². The summed E-state index contributed by atoms with van der Waals surface area (Å²) in [6, 6.07) is 0. The highest BCUT2D eigenvalue weighted by Crippen LogP contribution is 2.19. The third kappa shape index (κ3) is 4.81. The molecule has 88 valence electrons. The van der Waals surface area contributed by atoms with Crippen LogP contribution in [-0.4, -0.2) is 26.2 Å². The second-order valence-corrected chi connectivity index (χ2v) is 3.67. The summed E-state index contributed by atoms with van der Waals surface area (Å²) in [5, 5.41) is 0. The van der Waals surface area contributed by atoms with Crippen LogP contribution in [0.3, 0.4) is 0 Å². The molecule has 0 aromatic carbocycles. The van der Waals surface area contributed by atoms with Crippen LogP contribution in [0.2, 0.25) is 0 Å². The summed E-state index contributed by atoms with van der Waals surface area (Å²) in [5.41, 5.74) is 0. The van der Waals surface area contributed by atoms with Gasteiger partial charge in [0.25, 0.3) is 0 Å². The third-order valence-electron chi connectivity index (χ3n) is 2.41. The van der Waals surface area contributed by atoms with Crippen molar-refractivity contribution in [3.05, 3.63) is 0 Å². The first-order chi connectivity index (χ1) is 7.06. The first kappa shape index (κ1) is 13.9. The van der Waals surface area contributed by atoms with Crippen molar-refractivity contribution in [3.63, 3.8) is 0 Å². The fourth-order valence-corrected chi connectivity index (χ4v) is 1.57. The number of ether oxygens (including phenoxy) is 2. The Hall–Kier alpha value is -1.06. The minimum atomic E-state index is -0.278. The Balaban J connectivity index is 4.27. The van der Waals surface area contributed by atoms with Gasteiger partial charge in [0.2, 0.25) is 0 Å². The fraction of sp³-hybridized carbons (Fsp3) is 0.818. The smallest absolute Gasteiger partial charge is 0.308 e. The molecule has 0 fully saturated rings. The van der Waals surface area contributed by atoms with Crippen LogP contribution in [0.25, 0.3) is 0 Å². The molecule has 0 spiro atoms. The van der Waals surface area contributed by atoms with Gasteiger partial charge in [-0.2, -0.15) is 0 Å². The molecule has 0 aliphatic rings. The Morgan fingerprint density at radius 1 is 1.13 bits per heavy atom. The minimum absolute atomic E-state index is 0.200. The molecule has 0 N–H and O–H groups in total. The van der Waals surface area contributed by atoms with Crippen LogP contribution >= 0.6 is 0 Å². The lowest BCUT2D eigenvalue weighted by Gasteiger charge is -2.16. The molecule has 0 radical (unpaired) electrons. The zero-order valence-corrected chi connectivity index (χ0v) is 9.91. The standard InChI is InChI=1S/C11H20O4/c1-5-6-9(11(13)15-4)7-8(2)10(12)14-3/h8-9H,5-7H2,1-4H3/t8-,9-/m1/s1. The van der Waals surface area contributed by atoms with Gasteiger partial charge in [-0.25, -0.2) is 0 Å².